The van der Waals surface area contributed by atoms with E-state index in [9.17, 15) is 14.7 Å². The Morgan fingerprint density at radius 1 is 1.07 bits per heavy atom. The number of para-hydroxylation sites is 1. The van der Waals surface area contributed by atoms with Crippen molar-refractivity contribution in [1.29, 1.82) is 0 Å². The number of carbonyl (C=O) groups excluding carboxylic acids is 2. The highest BCUT2D eigenvalue weighted by molar-refractivity contribution is 5.79. The lowest BCUT2D eigenvalue weighted by Crippen LogP contribution is -2.36. The fraction of sp³-hybridized carbons (Fsp3) is 0.300. The van der Waals surface area contributed by atoms with Gasteiger partial charge in [0.1, 0.15) is 5.75 Å². The van der Waals surface area contributed by atoms with Gasteiger partial charge in [-0.3, -0.25) is 4.79 Å². The summed E-state index contributed by atoms with van der Waals surface area (Å²) in [5.74, 6) is -0.191. The summed E-state index contributed by atoms with van der Waals surface area (Å²) < 4.78 is 16.1. The van der Waals surface area contributed by atoms with Crippen LogP contribution < -0.4 is 24.6 Å². The molecule has 2 aromatic carbocycles. The molecule has 0 saturated carbocycles. The third-order valence-corrected chi connectivity index (χ3v) is 3.71. The van der Waals surface area contributed by atoms with Crippen molar-refractivity contribution in [2.24, 2.45) is 0 Å². The second-order valence-corrected chi connectivity index (χ2v) is 5.64. The van der Waals surface area contributed by atoms with E-state index >= 15 is 0 Å². The number of carboxylic acid groups (broad SMARTS) is 1. The molecule has 1 atom stereocenters. The lowest BCUT2D eigenvalue weighted by molar-refractivity contribution is -0.306. The Hall–Kier alpha value is -3.22. The zero-order chi connectivity index (χ0) is 19.6. The molecule has 1 amide bonds. The number of hydrogen-bond donors (Lipinski definition) is 1. The van der Waals surface area contributed by atoms with Gasteiger partial charge in [0, 0.05) is 12.4 Å². The van der Waals surface area contributed by atoms with Crippen molar-refractivity contribution in [2.45, 2.75) is 19.4 Å². The molecule has 0 spiro atoms. The maximum atomic E-state index is 12.2. The van der Waals surface area contributed by atoms with Crippen molar-refractivity contribution in [3.63, 3.8) is 0 Å². The summed E-state index contributed by atoms with van der Waals surface area (Å²) in [4.78, 5) is 23.3. The maximum absolute atomic E-state index is 12.2. The third-order valence-electron chi connectivity index (χ3n) is 3.71. The number of hydrogen-bond acceptors (Lipinski definition) is 6. The molecule has 7 nitrogen and oxygen atoms in total. The number of carboxylic acids is 1. The molecule has 7 heteroatoms. The molecule has 144 valence electrons. The van der Waals surface area contributed by atoms with Crippen LogP contribution in [-0.2, 0) is 9.59 Å². The van der Waals surface area contributed by atoms with Crippen LogP contribution in [0.5, 0.6) is 17.2 Å². The largest absolute Gasteiger partial charge is 0.550 e. The second kappa shape index (κ2) is 10.1. The van der Waals surface area contributed by atoms with E-state index in [1.54, 1.807) is 42.5 Å². The van der Waals surface area contributed by atoms with Gasteiger partial charge >= 0.3 is 0 Å². The van der Waals surface area contributed by atoms with Gasteiger partial charge in [0.05, 0.1) is 19.8 Å². The fourth-order valence-corrected chi connectivity index (χ4v) is 2.50. The summed E-state index contributed by atoms with van der Waals surface area (Å²) in [6.07, 6.45) is -0.381. The van der Waals surface area contributed by atoms with E-state index in [1.165, 1.54) is 7.11 Å². The van der Waals surface area contributed by atoms with Gasteiger partial charge in [-0.15, -0.1) is 0 Å². The SMILES string of the molecule is CCOc1ccc([C@H](CC(=O)[O-])NC(=O)COc2ccccc2)cc1OC. The van der Waals surface area contributed by atoms with Crippen molar-refractivity contribution in [3.8, 4) is 17.2 Å². The number of nitrogens with one attached hydrogen (secondary N) is 1. The molecule has 2 aromatic rings. The summed E-state index contributed by atoms with van der Waals surface area (Å²) in [6.45, 7) is 2.08. The first kappa shape index (κ1) is 20.1. The first-order valence-electron chi connectivity index (χ1n) is 8.51. The molecular formula is C20H22NO6-. The Morgan fingerprint density at radius 3 is 2.44 bits per heavy atom. The van der Waals surface area contributed by atoms with Crippen LogP contribution in [0, 0.1) is 0 Å². The minimum absolute atomic E-state index is 0.234. The first-order valence-corrected chi connectivity index (χ1v) is 8.51. The predicted octanol–water partition coefficient (Wildman–Crippen LogP) is 1.47. The van der Waals surface area contributed by atoms with Gasteiger partial charge < -0.3 is 29.4 Å². The average molecular weight is 372 g/mol. The Kier molecular flexibility index (Phi) is 7.49. The number of rotatable bonds is 10. The molecule has 27 heavy (non-hydrogen) atoms. The van der Waals surface area contributed by atoms with E-state index in [4.69, 9.17) is 14.2 Å². The molecule has 0 saturated heterocycles. The molecule has 1 N–H and O–H groups in total. The molecule has 0 radical (unpaired) electrons. The van der Waals surface area contributed by atoms with Gasteiger partial charge in [0.2, 0.25) is 0 Å². The summed E-state index contributed by atoms with van der Waals surface area (Å²) >= 11 is 0. The molecule has 0 fully saturated rings. The topological polar surface area (TPSA) is 96.9 Å². The monoisotopic (exact) mass is 372 g/mol. The van der Waals surface area contributed by atoms with E-state index in [2.05, 4.69) is 5.32 Å². The normalized spacial score (nSPS) is 11.3. The smallest absolute Gasteiger partial charge is 0.258 e. The van der Waals surface area contributed by atoms with Gasteiger partial charge in [-0.1, -0.05) is 24.3 Å². The van der Waals surface area contributed by atoms with Crippen LogP contribution in [-0.4, -0.2) is 32.2 Å². The molecule has 0 aliphatic heterocycles. The molecule has 0 aromatic heterocycles. The van der Waals surface area contributed by atoms with E-state index in [1.807, 2.05) is 13.0 Å². The number of aliphatic carboxylic acids is 1. The molecule has 2 rings (SSSR count). The van der Waals surface area contributed by atoms with Crippen LogP contribution in [0.1, 0.15) is 24.9 Å². The van der Waals surface area contributed by atoms with Crippen molar-refractivity contribution < 1.29 is 28.9 Å². The van der Waals surface area contributed by atoms with Crippen molar-refractivity contribution in [2.75, 3.05) is 20.3 Å². The number of amides is 1. The van der Waals surface area contributed by atoms with Crippen LogP contribution in [0.4, 0.5) is 0 Å². The highest BCUT2D eigenvalue weighted by Gasteiger charge is 2.18. The fourth-order valence-electron chi connectivity index (χ4n) is 2.50. The quantitative estimate of drug-likeness (QED) is 0.678. The van der Waals surface area contributed by atoms with Crippen LogP contribution in [0.2, 0.25) is 0 Å². The summed E-state index contributed by atoms with van der Waals surface area (Å²) in [5, 5.41) is 13.8. The van der Waals surface area contributed by atoms with Crippen molar-refractivity contribution >= 4 is 11.9 Å². The van der Waals surface area contributed by atoms with Crippen LogP contribution in [0.15, 0.2) is 48.5 Å². The van der Waals surface area contributed by atoms with Gasteiger partial charge in [0.15, 0.2) is 18.1 Å². The van der Waals surface area contributed by atoms with E-state index in [0.29, 0.717) is 29.4 Å². The summed E-state index contributed by atoms with van der Waals surface area (Å²) in [6, 6.07) is 13.1. The van der Waals surface area contributed by atoms with Crippen LogP contribution in [0.3, 0.4) is 0 Å². The Balaban J connectivity index is 2.10. The number of carbonyl (C=O) groups is 2. The van der Waals surface area contributed by atoms with Crippen molar-refractivity contribution in [1.82, 2.24) is 5.32 Å². The van der Waals surface area contributed by atoms with E-state index in [0.717, 1.165) is 0 Å². The van der Waals surface area contributed by atoms with Gasteiger partial charge in [0.25, 0.3) is 5.91 Å². The lowest BCUT2D eigenvalue weighted by atomic mass is 10.0. The second-order valence-electron chi connectivity index (χ2n) is 5.64. The standard InChI is InChI=1S/C20H23NO6/c1-3-26-17-10-9-14(11-18(17)25-2)16(12-20(23)24)21-19(22)13-27-15-7-5-4-6-8-15/h4-11,16H,3,12-13H2,1-2H3,(H,21,22)(H,23,24)/p-1/t16-/m0/s1. The minimum atomic E-state index is -1.28. The number of benzene rings is 2. The summed E-state index contributed by atoms with van der Waals surface area (Å²) in [7, 11) is 1.49. The predicted molar refractivity (Wildman–Crippen MR) is 96.6 cm³/mol. The Labute approximate surface area is 157 Å². The summed E-state index contributed by atoms with van der Waals surface area (Å²) in [5.41, 5.74) is 0.563. The number of ether oxygens (including phenoxy) is 3. The zero-order valence-electron chi connectivity index (χ0n) is 15.3. The maximum Gasteiger partial charge on any atom is 0.258 e. The Bertz CT molecular complexity index is 762. The zero-order valence-corrected chi connectivity index (χ0v) is 15.3. The van der Waals surface area contributed by atoms with Crippen LogP contribution >= 0.6 is 0 Å². The molecular weight excluding hydrogens is 350 g/mol. The Morgan fingerprint density at radius 2 is 1.81 bits per heavy atom. The van der Waals surface area contributed by atoms with Gasteiger partial charge in [-0.25, -0.2) is 0 Å². The highest BCUT2D eigenvalue weighted by Crippen LogP contribution is 2.31. The molecule has 0 aliphatic carbocycles. The highest BCUT2D eigenvalue weighted by atomic mass is 16.5. The molecule has 0 unspecified atom stereocenters. The average Bonchev–Trinajstić information content (AvgIpc) is 2.67. The first-order chi connectivity index (χ1) is 13.0. The minimum Gasteiger partial charge on any atom is -0.550 e. The lowest BCUT2D eigenvalue weighted by Gasteiger charge is -2.21. The number of methoxy groups -OCH3 is 1. The van der Waals surface area contributed by atoms with E-state index < -0.39 is 17.9 Å². The molecule has 0 aliphatic rings. The molecule has 0 bridgehead atoms. The molecule has 0 heterocycles. The third kappa shape index (κ3) is 6.22. The van der Waals surface area contributed by atoms with Gasteiger partial charge in [-0.05, 0) is 36.8 Å². The van der Waals surface area contributed by atoms with E-state index in [-0.39, 0.29) is 13.0 Å². The van der Waals surface area contributed by atoms with Crippen molar-refractivity contribution in [3.05, 3.63) is 54.1 Å². The van der Waals surface area contributed by atoms with Crippen LogP contribution in [0.25, 0.3) is 0 Å². The van der Waals surface area contributed by atoms with Gasteiger partial charge in [-0.2, -0.15) is 0 Å².